The van der Waals surface area contributed by atoms with E-state index in [0.717, 1.165) is 0 Å². The van der Waals surface area contributed by atoms with Gasteiger partial charge in [-0.15, -0.1) is 5.10 Å². The molecule has 0 saturated heterocycles. The molecule has 0 radical (unpaired) electrons. The number of rotatable bonds is 6. The molecule has 0 bridgehead atoms. The van der Waals surface area contributed by atoms with Crippen LogP contribution in [-0.4, -0.2) is 42.8 Å². The Kier molecular flexibility index (Phi) is 6.75. The monoisotopic (exact) mass is 513 g/mol. The van der Waals surface area contributed by atoms with E-state index in [9.17, 15) is 9.59 Å². The summed E-state index contributed by atoms with van der Waals surface area (Å²) in [5, 5.41) is 22.7. The number of carbonyl (C=O) groups excluding carboxylic acids is 2. The normalized spacial score (nSPS) is 11.4. The molecule has 2 aromatic heterocycles. The summed E-state index contributed by atoms with van der Waals surface area (Å²) in [6.07, 6.45) is 0. The van der Waals surface area contributed by atoms with Gasteiger partial charge in [-0.3, -0.25) is 9.59 Å². The molecule has 0 unspecified atom stereocenters. The second kappa shape index (κ2) is 9.91. The number of benzene rings is 2. The summed E-state index contributed by atoms with van der Waals surface area (Å²) < 4.78 is 5.86. The minimum Gasteiger partial charge on any atom is -0.378 e. The summed E-state index contributed by atoms with van der Waals surface area (Å²) in [6.45, 7) is 3.11. The Balaban J connectivity index is 1.69. The first-order chi connectivity index (χ1) is 16.7. The van der Waals surface area contributed by atoms with Gasteiger partial charge in [-0.05, 0) is 47.1 Å². The van der Waals surface area contributed by atoms with Gasteiger partial charge < -0.3 is 11.1 Å². The number of nitrogens with two attached hydrogens (primary N) is 1. The fraction of sp³-hybridized carbons (Fsp3) is 0.0952. The molecule has 14 heteroatoms. The maximum Gasteiger partial charge on any atom is 0.294 e. The molecule has 4 aromatic rings. The molecule has 12 nitrogen and oxygen atoms in total. The van der Waals surface area contributed by atoms with Crippen molar-refractivity contribution in [1.82, 2.24) is 30.7 Å². The number of nitrogens with zero attached hydrogens (tertiary/aromatic N) is 6. The zero-order valence-electron chi connectivity index (χ0n) is 18.3. The third-order valence-corrected chi connectivity index (χ3v) is 5.44. The molecule has 2 heterocycles. The Hall–Kier alpha value is -4.29. The lowest BCUT2D eigenvalue weighted by molar-refractivity contribution is -0.114. The van der Waals surface area contributed by atoms with E-state index in [1.54, 1.807) is 49.4 Å². The lowest BCUT2D eigenvalue weighted by Crippen LogP contribution is -2.21. The van der Waals surface area contributed by atoms with Crippen molar-refractivity contribution in [1.29, 1.82) is 0 Å². The molecular formula is C21H17Cl2N9O3. The molecule has 0 aliphatic heterocycles. The van der Waals surface area contributed by atoms with Gasteiger partial charge in [0.05, 0.1) is 15.8 Å². The Morgan fingerprint density at radius 1 is 1.09 bits per heavy atom. The molecule has 0 aliphatic rings. The number of carbonyl (C=O) groups is 2. The lowest BCUT2D eigenvalue weighted by Gasteiger charge is -2.08. The second-order valence-electron chi connectivity index (χ2n) is 7.20. The summed E-state index contributed by atoms with van der Waals surface area (Å²) in [5.74, 6) is -0.890. The van der Waals surface area contributed by atoms with E-state index >= 15 is 0 Å². The van der Waals surface area contributed by atoms with E-state index < -0.39 is 5.91 Å². The van der Waals surface area contributed by atoms with Crippen molar-refractivity contribution in [3.8, 4) is 17.1 Å². The molecule has 35 heavy (non-hydrogen) atoms. The number of nitrogen functional groups attached to an aromatic ring is 1. The summed E-state index contributed by atoms with van der Waals surface area (Å²) in [7, 11) is 0. The van der Waals surface area contributed by atoms with Crippen LogP contribution in [0.15, 0.2) is 52.2 Å². The van der Waals surface area contributed by atoms with Crippen LogP contribution in [0.3, 0.4) is 0 Å². The van der Waals surface area contributed by atoms with Crippen LogP contribution < -0.4 is 16.5 Å². The third-order valence-electron chi connectivity index (χ3n) is 4.70. The average Bonchev–Trinajstić information content (AvgIpc) is 3.44. The van der Waals surface area contributed by atoms with Crippen molar-refractivity contribution in [2.45, 2.75) is 13.8 Å². The van der Waals surface area contributed by atoms with E-state index in [2.05, 4.69) is 41.1 Å². The largest absolute Gasteiger partial charge is 0.378 e. The predicted octanol–water partition coefficient (Wildman–Crippen LogP) is 3.32. The molecule has 2 amide bonds. The smallest absolute Gasteiger partial charge is 0.294 e. The molecule has 0 fully saturated rings. The lowest BCUT2D eigenvalue weighted by atomic mass is 10.1. The van der Waals surface area contributed by atoms with E-state index in [1.165, 1.54) is 11.6 Å². The first-order valence-electron chi connectivity index (χ1n) is 9.96. The van der Waals surface area contributed by atoms with E-state index in [0.29, 0.717) is 27.5 Å². The summed E-state index contributed by atoms with van der Waals surface area (Å²) in [6, 6.07) is 11.7. The second-order valence-corrected chi connectivity index (χ2v) is 8.01. The van der Waals surface area contributed by atoms with Crippen molar-refractivity contribution in [3.63, 3.8) is 0 Å². The molecule has 0 atom stereocenters. The highest BCUT2D eigenvalue weighted by Gasteiger charge is 2.25. The number of hydrogen-bond donors (Lipinski definition) is 3. The van der Waals surface area contributed by atoms with Crippen LogP contribution >= 0.6 is 23.2 Å². The van der Waals surface area contributed by atoms with Gasteiger partial charge >= 0.3 is 0 Å². The van der Waals surface area contributed by atoms with E-state index in [-0.39, 0.29) is 34.0 Å². The average molecular weight is 514 g/mol. The number of hydrogen-bond acceptors (Lipinski definition) is 9. The molecule has 4 N–H and O–H groups in total. The Labute approximate surface area is 208 Å². The molecule has 2 aromatic carbocycles. The van der Waals surface area contributed by atoms with E-state index in [1.807, 2.05) is 0 Å². The van der Waals surface area contributed by atoms with Gasteiger partial charge in [0.1, 0.15) is 5.69 Å². The van der Waals surface area contributed by atoms with Gasteiger partial charge in [-0.25, -0.2) is 10.1 Å². The fourth-order valence-corrected chi connectivity index (χ4v) is 3.40. The van der Waals surface area contributed by atoms with Crippen LogP contribution in [-0.2, 0) is 4.79 Å². The number of amides is 2. The number of nitrogens with one attached hydrogen (secondary N) is 2. The molecule has 0 saturated carbocycles. The Morgan fingerprint density at radius 2 is 1.89 bits per heavy atom. The first kappa shape index (κ1) is 23.9. The zero-order valence-corrected chi connectivity index (χ0v) is 19.8. The zero-order chi connectivity index (χ0) is 25.1. The molecular weight excluding hydrogens is 497 g/mol. The number of hydrazone groups is 1. The standard InChI is InChI=1S/C21H17Cl2N9O3/c1-10(12-4-3-5-14(8-12)25-11(2)33)26-28-21(34)17-18(13-6-7-15(22)16(23)9-13)32(31-27-17)20-19(24)29-35-30-20/h3-9H,1-2H3,(H2,24,29)(H,25,33)(H,28,34)/b26-10+. The maximum absolute atomic E-state index is 13.1. The third kappa shape index (κ3) is 5.13. The summed E-state index contributed by atoms with van der Waals surface area (Å²) in [4.78, 5) is 24.4. The van der Waals surface area contributed by atoms with Crippen molar-refractivity contribution in [2.24, 2.45) is 5.10 Å². The quantitative estimate of drug-likeness (QED) is 0.260. The summed E-state index contributed by atoms with van der Waals surface area (Å²) in [5.41, 5.74) is 10.6. The number of aromatic nitrogens is 5. The SMILES string of the molecule is CC(=O)Nc1cccc(/C(C)=N/NC(=O)c2nnn(-c3nonc3N)c2-c2ccc(Cl)c(Cl)c2)c1. The van der Waals surface area contributed by atoms with Crippen LogP contribution in [0.25, 0.3) is 17.1 Å². The first-order valence-corrected chi connectivity index (χ1v) is 10.7. The topological polar surface area (TPSA) is 166 Å². The minimum atomic E-state index is -0.662. The minimum absolute atomic E-state index is 0.0343. The highest BCUT2D eigenvalue weighted by molar-refractivity contribution is 6.42. The van der Waals surface area contributed by atoms with Crippen molar-refractivity contribution in [3.05, 3.63) is 63.8 Å². The maximum atomic E-state index is 13.1. The number of anilines is 2. The van der Waals surface area contributed by atoms with Gasteiger partial charge in [-0.2, -0.15) is 9.78 Å². The van der Waals surface area contributed by atoms with Crippen molar-refractivity contribution in [2.75, 3.05) is 11.1 Å². The van der Waals surface area contributed by atoms with Gasteiger partial charge in [0.15, 0.2) is 5.69 Å². The molecule has 178 valence electrons. The molecule has 4 rings (SSSR count). The highest BCUT2D eigenvalue weighted by Crippen LogP contribution is 2.31. The highest BCUT2D eigenvalue weighted by atomic mass is 35.5. The van der Waals surface area contributed by atoms with Gasteiger partial charge in [0.2, 0.25) is 17.5 Å². The van der Waals surface area contributed by atoms with Crippen molar-refractivity contribution < 1.29 is 14.2 Å². The van der Waals surface area contributed by atoms with Gasteiger partial charge in [-0.1, -0.05) is 46.6 Å². The van der Waals surface area contributed by atoms with Crippen LogP contribution in [0.4, 0.5) is 11.5 Å². The van der Waals surface area contributed by atoms with Gasteiger partial charge in [0.25, 0.3) is 5.91 Å². The molecule has 0 aliphatic carbocycles. The van der Waals surface area contributed by atoms with Crippen LogP contribution in [0.2, 0.25) is 10.0 Å². The number of halogens is 2. The fourth-order valence-electron chi connectivity index (χ4n) is 3.10. The van der Waals surface area contributed by atoms with Crippen LogP contribution in [0.1, 0.15) is 29.9 Å². The Morgan fingerprint density at radius 3 is 2.57 bits per heavy atom. The van der Waals surface area contributed by atoms with Crippen LogP contribution in [0.5, 0.6) is 0 Å². The molecule has 0 spiro atoms. The van der Waals surface area contributed by atoms with Gasteiger partial charge in [0, 0.05) is 18.2 Å². The Bertz CT molecular complexity index is 1460. The van der Waals surface area contributed by atoms with Crippen LogP contribution in [0, 0.1) is 0 Å². The summed E-state index contributed by atoms with van der Waals surface area (Å²) >= 11 is 12.2. The van der Waals surface area contributed by atoms with E-state index in [4.69, 9.17) is 28.9 Å². The van der Waals surface area contributed by atoms with Crippen molar-refractivity contribution >= 4 is 52.2 Å². The predicted molar refractivity (Wildman–Crippen MR) is 130 cm³/mol.